The van der Waals surface area contributed by atoms with Crippen molar-refractivity contribution in [3.8, 4) is 0 Å². The van der Waals surface area contributed by atoms with Gasteiger partial charge in [0.2, 0.25) is 0 Å². The summed E-state index contributed by atoms with van der Waals surface area (Å²) in [4.78, 5) is 2.63. The Morgan fingerprint density at radius 1 is 1.15 bits per heavy atom. The van der Waals surface area contributed by atoms with Crippen molar-refractivity contribution in [3.63, 3.8) is 0 Å². The van der Waals surface area contributed by atoms with E-state index in [-0.39, 0.29) is 0 Å². The van der Waals surface area contributed by atoms with Crippen LogP contribution in [0, 0.1) is 11.8 Å². The first-order valence-corrected chi connectivity index (χ1v) is 5.70. The Kier molecular flexibility index (Phi) is 3.23. The van der Waals surface area contributed by atoms with Crippen molar-refractivity contribution in [1.82, 2.24) is 4.90 Å². The zero-order chi connectivity index (χ0) is 9.10. The second-order valence-corrected chi connectivity index (χ2v) is 4.52. The van der Waals surface area contributed by atoms with E-state index in [1.54, 1.807) is 0 Å². The molecule has 2 fully saturated rings. The Balaban J connectivity index is 1.67. The fraction of sp³-hybridized carbons (Fsp3) is 1.00. The second kappa shape index (κ2) is 4.43. The maximum atomic E-state index is 5.46. The largest absolute Gasteiger partial charge is 0.381 e. The van der Waals surface area contributed by atoms with Gasteiger partial charge in [0.15, 0.2) is 0 Å². The summed E-state index contributed by atoms with van der Waals surface area (Å²) >= 11 is 0. The molecule has 0 saturated carbocycles. The Morgan fingerprint density at radius 3 is 2.46 bits per heavy atom. The highest BCUT2D eigenvalue weighted by Crippen LogP contribution is 2.28. The summed E-state index contributed by atoms with van der Waals surface area (Å²) in [5, 5.41) is 0. The number of nitrogens with zero attached hydrogens (tertiary/aromatic N) is 1. The van der Waals surface area contributed by atoms with Crippen LogP contribution in [-0.2, 0) is 4.74 Å². The van der Waals surface area contributed by atoms with Crippen molar-refractivity contribution in [2.24, 2.45) is 11.8 Å². The minimum absolute atomic E-state index is 0.863. The molecular formula is C11H21NO. The third-order valence-corrected chi connectivity index (χ3v) is 3.39. The molecule has 0 aromatic carbocycles. The molecule has 2 heteroatoms. The number of ether oxygens (including phenoxy) is 1. The fourth-order valence-electron chi connectivity index (χ4n) is 2.55. The highest BCUT2D eigenvalue weighted by atomic mass is 16.5. The van der Waals surface area contributed by atoms with Crippen LogP contribution in [0.1, 0.15) is 26.2 Å². The molecule has 0 amide bonds. The lowest BCUT2D eigenvalue weighted by atomic mass is 10.0. The molecular weight excluding hydrogens is 162 g/mol. The van der Waals surface area contributed by atoms with E-state index in [9.17, 15) is 0 Å². The minimum atomic E-state index is 0.863. The standard InChI is InChI=1S/C11H21NO/c1-2-3-4-5-12-6-10-8-13-9-11(10)7-12/h10-11H,2-9H2,1H3. The quantitative estimate of drug-likeness (QED) is 0.616. The van der Waals surface area contributed by atoms with E-state index in [2.05, 4.69) is 11.8 Å². The highest BCUT2D eigenvalue weighted by Gasteiger charge is 2.36. The minimum Gasteiger partial charge on any atom is -0.381 e. The van der Waals surface area contributed by atoms with Gasteiger partial charge in [-0.3, -0.25) is 0 Å². The third-order valence-electron chi connectivity index (χ3n) is 3.39. The van der Waals surface area contributed by atoms with Crippen LogP contribution in [0.4, 0.5) is 0 Å². The van der Waals surface area contributed by atoms with Crippen molar-refractivity contribution in [2.75, 3.05) is 32.8 Å². The van der Waals surface area contributed by atoms with E-state index in [1.165, 1.54) is 38.9 Å². The topological polar surface area (TPSA) is 12.5 Å². The molecule has 2 heterocycles. The zero-order valence-electron chi connectivity index (χ0n) is 8.67. The van der Waals surface area contributed by atoms with E-state index in [4.69, 9.17) is 4.74 Å². The van der Waals surface area contributed by atoms with Gasteiger partial charge in [-0.2, -0.15) is 0 Å². The van der Waals surface area contributed by atoms with Crippen LogP contribution < -0.4 is 0 Å². The normalized spacial score (nSPS) is 33.9. The van der Waals surface area contributed by atoms with Crippen LogP contribution in [0.25, 0.3) is 0 Å². The molecule has 2 saturated heterocycles. The number of hydrogen-bond donors (Lipinski definition) is 0. The van der Waals surface area contributed by atoms with E-state index >= 15 is 0 Å². The number of unbranched alkanes of at least 4 members (excludes halogenated alkanes) is 2. The summed E-state index contributed by atoms with van der Waals surface area (Å²) in [6.45, 7) is 8.24. The van der Waals surface area contributed by atoms with Crippen LogP contribution in [-0.4, -0.2) is 37.7 Å². The summed E-state index contributed by atoms with van der Waals surface area (Å²) in [5.74, 6) is 1.73. The number of hydrogen-bond acceptors (Lipinski definition) is 2. The van der Waals surface area contributed by atoms with Crippen molar-refractivity contribution in [2.45, 2.75) is 26.2 Å². The fourth-order valence-corrected chi connectivity index (χ4v) is 2.55. The summed E-state index contributed by atoms with van der Waals surface area (Å²) in [7, 11) is 0. The van der Waals surface area contributed by atoms with Gasteiger partial charge in [-0.25, -0.2) is 0 Å². The molecule has 0 aromatic heterocycles. The molecule has 2 aliphatic heterocycles. The summed E-state index contributed by atoms with van der Waals surface area (Å²) in [6.07, 6.45) is 4.11. The molecule has 0 spiro atoms. The number of rotatable bonds is 4. The van der Waals surface area contributed by atoms with E-state index in [1.807, 2.05) is 0 Å². The summed E-state index contributed by atoms with van der Waals surface area (Å²) in [6, 6.07) is 0. The van der Waals surface area contributed by atoms with Crippen molar-refractivity contribution in [1.29, 1.82) is 0 Å². The van der Waals surface area contributed by atoms with Gasteiger partial charge < -0.3 is 9.64 Å². The van der Waals surface area contributed by atoms with E-state index < -0.39 is 0 Å². The lowest BCUT2D eigenvalue weighted by molar-refractivity contribution is 0.154. The van der Waals surface area contributed by atoms with Gasteiger partial charge in [0.05, 0.1) is 13.2 Å². The predicted molar refractivity (Wildman–Crippen MR) is 53.8 cm³/mol. The Hall–Kier alpha value is -0.0800. The Labute approximate surface area is 81.3 Å². The SMILES string of the molecule is CCCCCN1CC2COCC2C1. The average molecular weight is 183 g/mol. The van der Waals surface area contributed by atoms with Gasteiger partial charge in [-0.1, -0.05) is 19.8 Å². The van der Waals surface area contributed by atoms with Crippen LogP contribution in [0.5, 0.6) is 0 Å². The predicted octanol–water partition coefficient (Wildman–Crippen LogP) is 1.75. The molecule has 2 rings (SSSR count). The van der Waals surface area contributed by atoms with Gasteiger partial charge in [-0.15, -0.1) is 0 Å². The van der Waals surface area contributed by atoms with Crippen LogP contribution >= 0.6 is 0 Å². The molecule has 0 aliphatic carbocycles. The van der Waals surface area contributed by atoms with Gasteiger partial charge in [0.1, 0.15) is 0 Å². The lowest BCUT2D eigenvalue weighted by Gasteiger charge is -2.15. The lowest BCUT2D eigenvalue weighted by Crippen LogP contribution is -2.24. The smallest absolute Gasteiger partial charge is 0.0510 e. The molecule has 2 aliphatic rings. The summed E-state index contributed by atoms with van der Waals surface area (Å²) < 4.78 is 5.46. The maximum absolute atomic E-state index is 5.46. The average Bonchev–Trinajstić information content (AvgIpc) is 2.64. The highest BCUT2D eigenvalue weighted by molar-refractivity contribution is 4.86. The molecule has 0 bridgehead atoms. The number of likely N-dealkylation sites (tertiary alicyclic amines) is 1. The maximum Gasteiger partial charge on any atom is 0.0510 e. The van der Waals surface area contributed by atoms with Crippen LogP contribution in [0.3, 0.4) is 0 Å². The van der Waals surface area contributed by atoms with E-state index in [0.29, 0.717) is 0 Å². The first-order valence-electron chi connectivity index (χ1n) is 5.70. The van der Waals surface area contributed by atoms with Gasteiger partial charge >= 0.3 is 0 Å². The molecule has 2 nitrogen and oxygen atoms in total. The van der Waals surface area contributed by atoms with Crippen molar-refractivity contribution >= 4 is 0 Å². The molecule has 0 radical (unpaired) electrons. The molecule has 76 valence electrons. The second-order valence-electron chi connectivity index (χ2n) is 4.52. The first kappa shape index (κ1) is 9.47. The number of fused-ring (bicyclic) bond motifs is 1. The summed E-state index contributed by atoms with van der Waals surface area (Å²) in [5.41, 5.74) is 0. The van der Waals surface area contributed by atoms with Gasteiger partial charge in [0.25, 0.3) is 0 Å². The monoisotopic (exact) mass is 183 g/mol. The first-order chi connectivity index (χ1) is 6.40. The Morgan fingerprint density at radius 2 is 1.85 bits per heavy atom. The molecule has 0 N–H and O–H groups in total. The van der Waals surface area contributed by atoms with Crippen molar-refractivity contribution in [3.05, 3.63) is 0 Å². The van der Waals surface area contributed by atoms with Crippen LogP contribution in [0.15, 0.2) is 0 Å². The third kappa shape index (κ3) is 2.23. The zero-order valence-corrected chi connectivity index (χ0v) is 8.67. The van der Waals surface area contributed by atoms with Crippen LogP contribution in [0.2, 0.25) is 0 Å². The molecule has 2 atom stereocenters. The molecule has 2 unspecified atom stereocenters. The van der Waals surface area contributed by atoms with Gasteiger partial charge in [-0.05, 0) is 13.0 Å². The Bertz CT molecular complexity index is 148. The molecule has 13 heavy (non-hydrogen) atoms. The van der Waals surface area contributed by atoms with E-state index in [0.717, 1.165) is 25.0 Å². The molecule has 0 aromatic rings. The van der Waals surface area contributed by atoms with Crippen molar-refractivity contribution < 1.29 is 4.74 Å². The van der Waals surface area contributed by atoms with Gasteiger partial charge in [0, 0.05) is 24.9 Å².